The molecule has 0 aliphatic rings. The van der Waals surface area contributed by atoms with Crippen LogP contribution in [0.15, 0.2) is 18.2 Å². The lowest BCUT2D eigenvalue weighted by atomic mass is 10.1. The first-order chi connectivity index (χ1) is 7.95. The molecule has 0 spiro atoms. The average molecular weight is 238 g/mol. The number of benzene rings is 1. The molecule has 3 nitrogen and oxygen atoms in total. The second-order valence-electron chi connectivity index (χ2n) is 4.47. The SMILES string of the molecule is CCN(CC(C)C)C(=O)c1cc(F)ccc1N. The van der Waals surface area contributed by atoms with Gasteiger partial charge in [-0.3, -0.25) is 4.79 Å². The third-order valence-corrected chi connectivity index (χ3v) is 2.50. The van der Waals surface area contributed by atoms with Crippen LogP contribution in [0.1, 0.15) is 31.1 Å². The van der Waals surface area contributed by atoms with Crippen LogP contribution in [0.25, 0.3) is 0 Å². The van der Waals surface area contributed by atoms with Gasteiger partial charge in [-0.2, -0.15) is 0 Å². The number of carbonyl (C=O) groups excluding carboxylic acids is 1. The van der Waals surface area contributed by atoms with Gasteiger partial charge in [-0.1, -0.05) is 13.8 Å². The average Bonchev–Trinajstić information content (AvgIpc) is 2.28. The Morgan fingerprint density at radius 3 is 2.65 bits per heavy atom. The number of nitrogen functional groups attached to an aromatic ring is 1. The molecule has 1 rings (SSSR count). The third-order valence-electron chi connectivity index (χ3n) is 2.50. The molecular weight excluding hydrogens is 219 g/mol. The lowest BCUT2D eigenvalue weighted by Gasteiger charge is -2.23. The van der Waals surface area contributed by atoms with Crippen molar-refractivity contribution in [3.63, 3.8) is 0 Å². The largest absolute Gasteiger partial charge is 0.398 e. The highest BCUT2D eigenvalue weighted by atomic mass is 19.1. The first kappa shape index (κ1) is 13.5. The fourth-order valence-corrected chi connectivity index (χ4v) is 1.68. The quantitative estimate of drug-likeness (QED) is 0.819. The molecule has 1 amide bonds. The molecular formula is C13H19FN2O. The van der Waals surface area contributed by atoms with Crippen LogP contribution >= 0.6 is 0 Å². The van der Waals surface area contributed by atoms with E-state index in [1.807, 2.05) is 20.8 Å². The molecule has 17 heavy (non-hydrogen) atoms. The van der Waals surface area contributed by atoms with E-state index in [4.69, 9.17) is 5.73 Å². The summed E-state index contributed by atoms with van der Waals surface area (Å²) in [6.45, 7) is 7.20. The van der Waals surface area contributed by atoms with Gasteiger partial charge in [-0.05, 0) is 31.0 Å². The van der Waals surface area contributed by atoms with Gasteiger partial charge in [-0.25, -0.2) is 4.39 Å². The van der Waals surface area contributed by atoms with Gasteiger partial charge in [0.05, 0.1) is 5.56 Å². The van der Waals surface area contributed by atoms with Crippen molar-refractivity contribution in [2.45, 2.75) is 20.8 Å². The Morgan fingerprint density at radius 1 is 1.47 bits per heavy atom. The number of carbonyl (C=O) groups is 1. The Hall–Kier alpha value is -1.58. The Morgan fingerprint density at radius 2 is 2.12 bits per heavy atom. The molecule has 0 radical (unpaired) electrons. The molecule has 1 aromatic carbocycles. The zero-order chi connectivity index (χ0) is 13.0. The normalized spacial score (nSPS) is 10.6. The van der Waals surface area contributed by atoms with Crippen LogP contribution in [0.3, 0.4) is 0 Å². The van der Waals surface area contributed by atoms with Crippen molar-refractivity contribution < 1.29 is 9.18 Å². The number of hydrogen-bond donors (Lipinski definition) is 1. The first-order valence-corrected chi connectivity index (χ1v) is 5.80. The standard InChI is InChI=1S/C13H19FN2O/c1-4-16(8-9(2)3)13(17)11-7-10(14)5-6-12(11)15/h5-7,9H,4,8,15H2,1-3H3. The summed E-state index contributed by atoms with van der Waals surface area (Å²) < 4.78 is 13.1. The van der Waals surface area contributed by atoms with Crippen LogP contribution in [-0.2, 0) is 0 Å². The highest BCUT2D eigenvalue weighted by Gasteiger charge is 2.18. The highest BCUT2D eigenvalue weighted by molar-refractivity contribution is 5.99. The Bertz CT molecular complexity index is 404. The zero-order valence-corrected chi connectivity index (χ0v) is 10.5. The van der Waals surface area contributed by atoms with E-state index in [0.29, 0.717) is 24.7 Å². The van der Waals surface area contributed by atoms with Crippen molar-refractivity contribution in [2.24, 2.45) is 5.92 Å². The maximum Gasteiger partial charge on any atom is 0.256 e. The lowest BCUT2D eigenvalue weighted by molar-refractivity contribution is 0.0746. The molecule has 0 aromatic heterocycles. The number of rotatable bonds is 4. The van der Waals surface area contributed by atoms with Gasteiger partial charge in [0.25, 0.3) is 5.91 Å². The van der Waals surface area contributed by atoms with E-state index in [2.05, 4.69) is 0 Å². The van der Waals surface area contributed by atoms with Crippen LogP contribution in [0.5, 0.6) is 0 Å². The van der Waals surface area contributed by atoms with Crippen LogP contribution in [0, 0.1) is 11.7 Å². The van der Waals surface area contributed by atoms with Crippen molar-refractivity contribution in [3.8, 4) is 0 Å². The van der Waals surface area contributed by atoms with E-state index in [-0.39, 0.29) is 11.5 Å². The third kappa shape index (κ3) is 3.44. The smallest absolute Gasteiger partial charge is 0.256 e. The molecule has 94 valence electrons. The lowest BCUT2D eigenvalue weighted by Crippen LogP contribution is -2.34. The first-order valence-electron chi connectivity index (χ1n) is 5.80. The van der Waals surface area contributed by atoms with Gasteiger partial charge < -0.3 is 10.6 Å². The number of hydrogen-bond acceptors (Lipinski definition) is 2. The zero-order valence-electron chi connectivity index (χ0n) is 10.5. The molecule has 0 heterocycles. The van der Waals surface area contributed by atoms with Crippen molar-refractivity contribution in [3.05, 3.63) is 29.6 Å². The predicted octanol–water partition coefficient (Wildman–Crippen LogP) is 2.53. The highest BCUT2D eigenvalue weighted by Crippen LogP contribution is 2.16. The van der Waals surface area contributed by atoms with Gasteiger partial charge in [0.1, 0.15) is 5.82 Å². The van der Waals surface area contributed by atoms with Gasteiger partial charge >= 0.3 is 0 Å². The maximum atomic E-state index is 13.1. The molecule has 0 saturated carbocycles. The number of amides is 1. The Labute approximate surface area is 101 Å². The Kier molecular flexibility index (Phi) is 4.49. The molecule has 4 heteroatoms. The van der Waals surface area contributed by atoms with Crippen molar-refractivity contribution in [1.29, 1.82) is 0 Å². The summed E-state index contributed by atoms with van der Waals surface area (Å²) >= 11 is 0. The summed E-state index contributed by atoms with van der Waals surface area (Å²) in [5.74, 6) is -0.282. The van der Waals surface area contributed by atoms with E-state index in [1.54, 1.807) is 4.90 Å². The van der Waals surface area contributed by atoms with E-state index in [0.717, 1.165) is 0 Å². The van der Waals surface area contributed by atoms with Crippen molar-refractivity contribution in [1.82, 2.24) is 4.90 Å². The fourth-order valence-electron chi connectivity index (χ4n) is 1.68. The molecule has 2 N–H and O–H groups in total. The molecule has 1 aromatic rings. The summed E-state index contributed by atoms with van der Waals surface area (Å²) in [5.41, 5.74) is 6.26. The summed E-state index contributed by atoms with van der Waals surface area (Å²) in [5, 5.41) is 0. The maximum absolute atomic E-state index is 13.1. The summed E-state index contributed by atoms with van der Waals surface area (Å²) in [7, 11) is 0. The molecule has 0 unspecified atom stereocenters. The fraction of sp³-hybridized carbons (Fsp3) is 0.462. The topological polar surface area (TPSA) is 46.3 Å². The number of halogens is 1. The summed E-state index contributed by atoms with van der Waals surface area (Å²) in [4.78, 5) is 13.8. The van der Waals surface area contributed by atoms with Crippen LogP contribution < -0.4 is 5.73 Å². The van der Waals surface area contributed by atoms with Crippen molar-refractivity contribution >= 4 is 11.6 Å². The molecule has 0 fully saturated rings. The van der Waals surface area contributed by atoms with Gasteiger partial charge in [0, 0.05) is 18.8 Å². The Balaban J connectivity index is 2.97. The van der Waals surface area contributed by atoms with Crippen LogP contribution in [-0.4, -0.2) is 23.9 Å². The summed E-state index contributed by atoms with van der Waals surface area (Å²) in [6.07, 6.45) is 0. The molecule has 0 atom stereocenters. The number of nitrogens with zero attached hydrogens (tertiary/aromatic N) is 1. The molecule has 0 saturated heterocycles. The molecule has 0 aliphatic heterocycles. The minimum absolute atomic E-state index is 0.210. The van der Waals surface area contributed by atoms with Gasteiger partial charge in [0.15, 0.2) is 0 Å². The second kappa shape index (κ2) is 5.66. The van der Waals surface area contributed by atoms with Crippen LogP contribution in [0.4, 0.5) is 10.1 Å². The van der Waals surface area contributed by atoms with Crippen molar-refractivity contribution in [2.75, 3.05) is 18.8 Å². The second-order valence-corrected chi connectivity index (χ2v) is 4.47. The van der Waals surface area contributed by atoms with Gasteiger partial charge in [-0.15, -0.1) is 0 Å². The van der Waals surface area contributed by atoms with Crippen LogP contribution in [0.2, 0.25) is 0 Å². The monoisotopic (exact) mass is 238 g/mol. The van der Waals surface area contributed by atoms with E-state index < -0.39 is 5.82 Å². The predicted molar refractivity (Wildman–Crippen MR) is 67.2 cm³/mol. The summed E-state index contributed by atoms with van der Waals surface area (Å²) in [6, 6.07) is 3.87. The number of nitrogens with two attached hydrogens (primary N) is 1. The minimum atomic E-state index is -0.442. The van der Waals surface area contributed by atoms with E-state index in [9.17, 15) is 9.18 Å². The minimum Gasteiger partial charge on any atom is -0.398 e. The van der Waals surface area contributed by atoms with E-state index >= 15 is 0 Å². The molecule has 0 bridgehead atoms. The van der Waals surface area contributed by atoms with E-state index in [1.165, 1.54) is 18.2 Å². The molecule has 0 aliphatic carbocycles. The number of anilines is 1. The van der Waals surface area contributed by atoms with Gasteiger partial charge in [0.2, 0.25) is 0 Å².